The lowest BCUT2D eigenvalue weighted by atomic mass is 9.94. The Kier molecular flexibility index (Phi) is 8.25. The fourth-order valence-corrected chi connectivity index (χ4v) is 4.56. The molecule has 6 heteroatoms. The first-order chi connectivity index (χ1) is 14.4. The van der Waals surface area contributed by atoms with Gasteiger partial charge >= 0.3 is 0 Å². The molecular weight excluding hydrogens is 381 g/mol. The molecule has 30 heavy (non-hydrogen) atoms. The maximum Gasteiger partial charge on any atom is 0.251 e. The third-order valence-corrected chi connectivity index (χ3v) is 6.47. The van der Waals surface area contributed by atoms with Crippen LogP contribution in [-0.4, -0.2) is 60.4 Å². The third-order valence-electron chi connectivity index (χ3n) is 6.47. The summed E-state index contributed by atoms with van der Waals surface area (Å²) in [5.41, 5.74) is 0.367. The number of nitrogens with zero attached hydrogens (tertiary/aromatic N) is 2. The molecule has 2 amide bonds. The lowest BCUT2D eigenvalue weighted by molar-refractivity contribution is -0.135. The number of halogens is 1. The standard InChI is InChI=1S/C24H36FN3O2/c1-18(2)22(26-23(29)20-7-9-21(25)10-8-20)24(30)28-15-11-19(12-16-28)17-27-13-5-3-4-6-14-27/h7-10,18-19,22H,3-6,11-17H2,1-2H3,(H,26,29). The van der Waals surface area contributed by atoms with Gasteiger partial charge in [0.15, 0.2) is 0 Å². The van der Waals surface area contributed by atoms with Crippen LogP contribution in [0.15, 0.2) is 24.3 Å². The van der Waals surface area contributed by atoms with Crippen molar-refractivity contribution in [2.45, 2.75) is 58.4 Å². The molecule has 2 aliphatic rings. The number of carbonyl (C=O) groups excluding carboxylic acids is 2. The van der Waals surface area contributed by atoms with Crippen molar-refractivity contribution in [2.24, 2.45) is 11.8 Å². The highest BCUT2D eigenvalue weighted by Gasteiger charge is 2.32. The molecule has 1 aromatic rings. The predicted molar refractivity (Wildman–Crippen MR) is 117 cm³/mol. The first-order valence-corrected chi connectivity index (χ1v) is 11.5. The van der Waals surface area contributed by atoms with Gasteiger partial charge in [-0.1, -0.05) is 26.7 Å². The van der Waals surface area contributed by atoms with Crippen molar-refractivity contribution < 1.29 is 14.0 Å². The van der Waals surface area contributed by atoms with E-state index >= 15 is 0 Å². The highest BCUT2D eigenvalue weighted by atomic mass is 19.1. The SMILES string of the molecule is CC(C)C(NC(=O)c1ccc(F)cc1)C(=O)N1CCC(CN2CCCCCC2)CC1. The van der Waals surface area contributed by atoms with E-state index in [-0.39, 0.29) is 23.5 Å². The summed E-state index contributed by atoms with van der Waals surface area (Å²) in [7, 11) is 0. The molecule has 1 unspecified atom stereocenters. The van der Waals surface area contributed by atoms with Crippen LogP contribution in [-0.2, 0) is 4.79 Å². The smallest absolute Gasteiger partial charge is 0.251 e. The molecule has 0 saturated carbocycles. The molecule has 0 spiro atoms. The zero-order valence-corrected chi connectivity index (χ0v) is 18.4. The van der Waals surface area contributed by atoms with Crippen molar-refractivity contribution in [3.05, 3.63) is 35.6 Å². The van der Waals surface area contributed by atoms with Gasteiger partial charge in [0, 0.05) is 25.2 Å². The second-order valence-corrected chi connectivity index (χ2v) is 9.19. The minimum atomic E-state index is -0.565. The van der Waals surface area contributed by atoms with E-state index in [0.717, 1.165) is 32.5 Å². The van der Waals surface area contributed by atoms with Crippen LogP contribution < -0.4 is 5.32 Å². The van der Waals surface area contributed by atoms with Gasteiger partial charge in [-0.2, -0.15) is 0 Å². The van der Waals surface area contributed by atoms with E-state index in [1.165, 1.54) is 63.0 Å². The van der Waals surface area contributed by atoms with Gasteiger partial charge in [-0.05, 0) is 74.9 Å². The van der Waals surface area contributed by atoms with Crippen LogP contribution in [0.5, 0.6) is 0 Å². The average molecular weight is 418 g/mol. The quantitative estimate of drug-likeness (QED) is 0.768. The minimum Gasteiger partial charge on any atom is -0.341 e. The van der Waals surface area contributed by atoms with E-state index in [1.54, 1.807) is 0 Å². The van der Waals surface area contributed by atoms with Crippen LogP contribution in [0.2, 0.25) is 0 Å². The van der Waals surface area contributed by atoms with Crippen molar-refractivity contribution in [1.29, 1.82) is 0 Å². The summed E-state index contributed by atoms with van der Waals surface area (Å²) in [5, 5.41) is 2.87. The summed E-state index contributed by atoms with van der Waals surface area (Å²) in [6.45, 7) is 8.98. The number of nitrogens with one attached hydrogen (secondary N) is 1. The zero-order valence-electron chi connectivity index (χ0n) is 18.4. The van der Waals surface area contributed by atoms with Gasteiger partial charge in [0.25, 0.3) is 5.91 Å². The fraction of sp³-hybridized carbons (Fsp3) is 0.667. The number of hydrogen-bond donors (Lipinski definition) is 1. The number of benzene rings is 1. The van der Waals surface area contributed by atoms with Gasteiger partial charge in [0.1, 0.15) is 11.9 Å². The summed E-state index contributed by atoms with van der Waals surface area (Å²) in [6.07, 6.45) is 7.37. The molecule has 1 atom stereocenters. The largest absolute Gasteiger partial charge is 0.341 e. The minimum absolute atomic E-state index is 0.00585. The molecule has 2 fully saturated rings. The zero-order chi connectivity index (χ0) is 21.5. The Morgan fingerprint density at radius 3 is 2.17 bits per heavy atom. The van der Waals surface area contributed by atoms with Gasteiger partial charge in [-0.3, -0.25) is 9.59 Å². The van der Waals surface area contributed by atoms with Crippen LogP contribution in [0.4, 0.5) is 4.39 Å². The summed E-state index contributed by atoms with van der Waals surface area (Å²) in [6, 6.07) is 4.85. The Labute approximate surface area is 180 Å². The fourth-order valence-electron chi connectivity index (χ4n) is 4.56. The number of carbonyl (C=O) groups is 2. The molecule has 0 radical (unpaired) electrons. The summed E-state index contributed by atoms with van der Waals surface area (Å²) >= 11 is 0. The normalized spacial score (nSPS) is 20.1. The van der Waals surface area contributed by atoms with Crippen molar-refractivity contribution in [3.8, 4) is 0 Å². The Bertz CT molecular complexity index is 691. The number of amides is 2. The molecule has 3 rings (SSSR count). The number of piperidine rings is 1. The van der Waals surface area contributed by atoms with Gasteiger partial charge in [-0.25, -0.2) is 4.39 Å². The van der Waals surface area contributed by atoms with Crippen LogP contribution in [0.3, 0.4) is 0 Å². The molecule has 166 valence electrons. The maximum atomic E-state index is 13.1. The van der Waals surface area contributed by atoms with Crippen molar-refractivity contribution in [3.63, 3.8) is 0 Å². The van der Waals surface area contributed by atoms with E-state index in [0.29, 0.717) is 11.5 Å². The Morgan fingerprint density at radius 2 is 1.60 bits per heavy atom. The molecule has 2 heterocycles. The first-order valence-electron chi connectivity index (χ1n) is 11.5. The third kappa shape index (κ3) is 6.27. The predicted octanol–water partition coefficient (Wildman–Crippen LogP) is 3.69. The van der Waals surface area contributed by atoms with Crippen molar-refractivity contribution in [1.82, 2.24) is 15.1 Å². The van der Waals surface area contributed by atoms with Gasteiger partial charge in [-0.15, -0.1) is 0 Å². The molecule has 2 aliphatic heterocycles. The maximum absolute atomic E-state index is 13.1. The summed E-state index contributed by atoms with van der Waals surface area (Å²) in [5.74, 6) is -0.0898. The monoisotopic (exact) mass is 417 g/mol. The van der Waals surface area contributed by atoms with E-state index in [2.05, 4.69) is 10.2 Å². The lowest BCUT2D eigenvalue weighted by Gasteiger charge is -2.37. The second-order valence-electron chi connectivity index (χ2n) is 9.19. The molecule has 0 aromatic heterocycles. The first kappa shape index (κ1) is 22.7. The van der Waals surface area contributed by atoms with Gasteiger partial charge in [0.05, 0.1) is 0 Å². The van der Waals surface area contributed by atoms with Crippen LogP contribution >= 0.6 is 0 Å². The number of hydrogen-bond acceptors (Lipinski definition) is 3. The van der Waals surface area contributed by atoms with Crippen molar-refractivity contribution in [2.75, 3.05) is 32.7 Å². The summed E-state index contributed by atoms with van der Waals surface area (Å²) in [4.78, 5) is 30.2. The molecular formula is C24H36FN3O2. The second kappa shape index (κ2) is 10.9. The number of likely N-dealkylation sites (tertiary alicyclic amines) is 2. The molecule has 0 bridgehead atoms. The van der Waals surface area contributed by atoms with Crippen LogP contribution in [0.1, 0.15) is 62.7 Å². The number of rotatable bonds is 6. The summed E-state index contributed by atoms with van der Waals surface area (Å²) < 4.78 is 13.1. The topological polar surface area (TPSA) is 52.7 Å². The average Bonchev–Trinajstić information content (AvgIpc) is 3.01. The van der Waals surface area contributed by atoms with E-state index < -0.39 is 6.04 Å². The molecule has 2 saturated heterocycles. The molecule has 0 aliphatic carbocycles. The Hall–Kier alpha value is -1.95. The van der Waals surface area contributed by atoms with Crippen molar-refractivity contribution >= 4 is 11.8 Å². The molecule has 5 nitrogen and oxygen atoms in total. The van der Waals surface area contributed by atoms with E-state index in [1.807, 2.05) is 18.7 Å². The van der Waals surface area contributed by atoms with E-state index in [9.17, 15) is 14.0 Å². The Balaban J connectivity index is 1.52. The van der Waals surface area contributed by atoms with Crippen LogP contribution in [0.25, 0.3) is 0 Å². The van der Waals surface area contributed by atoms with Gasteiger partial charge < -0.3 is 15.1 Å². The van der Waals surface area contributed by atoms with Crippen LogP contribution in [0, 0.1) is 17.7 Å². The molecule has 1 N–H and O–H groups in total. The highest BCUT2D eigenvalue weighted by molar-refractivity contribution is 5.97. The lowest BCUT2D eigenvalue weighted by Crippen LogP contribution is -2.53. The van der Waals surface area contributed by atoms with E-state index in [4.69, 9.17) is 0 Å². The molecule has 1 aromatic carbocycles. The Morgan fingerprint density at radius 1 is 1.00 bits per heavy atom. The van der Waals surface area contributed by atoms with Gasteiger partial charge in [0.2, 0.25) is 5.91 Å². The highest BCUT2D eigenvalue weighted by Crippen LogP contribution is 2.22.